The maximum Gasteiger partial charge on any atom is 0.146 e. The summed E-state index contributed by atoms with van der Waals surface area (Å²) in [5.41, 5.74) is 2.76. The van der Waals surface area contributed by atoms with Crippen molar-refractivity contribution in [3.8, 4) is 5.75 Å². The van der Waals surface area contributed by atoms with Crippen molar-refractivity contribution in [2.45, 2.75) is 12.6 Å². The Bertz CT molecular complexity index is 958. The molecule has 0 saturated carbocycles. The molecule has 6 heteroatoms. The first-order valence-corrected chi connectivity index (χ1v) is 10.1. The molecule has 0 amide bonds. The number of anilines is 1. The Morgan fingerprint density at radius 1 is 1.00 bits per heavy atom. The summed E-state index contributed by atoms with van der Waals surface area (Å²) in [6, 6.07) is 18.3. The highest BCUT2D eigenvalue weighted by Gasteiger charge is 2.25. The Morgan fingerprint density at radius 3 is 2.43 bits per heavy atom. The standard InChI is InChI=1S/C24H26FN3O2/c1-30-19-10-8-18(9-11-19)17-27-13-15-28(16-14-27)23-20(5-4-6-21(23)25)24(29)22-7-2-3-12-26-22/h2-12,24,29H,13-17H2,1H3. The number of rotatable bonds is 6. The number of hydrogen-bond donors (Lipinski definition) is 1. The van der Waals surface area contributed by atoms with Crippen LogP contribution in [0.5, 0.6) is 5.75 Å². The molecule has 2 aromatic carbocycles. The number of para-hydroxylation sites is 1. The zero-order chi connectivity index (χ0) is 20.9. The lowest BCUT2D eigenvalue weighted by Crippen LogP contribution is -2.46. The fourth-order valence-corrected chi connectivity index (χ4v) is 3.90. The van der Waals surface area contributed by atoms with Crippen molar-refractivity contribution < 1.29 is 14.2 Å². The Kier molecular flexibility index (Phi) is 6.26. The molecule has 1 aliphatic rings. The first kappa shape index (κ1) is 20.3. The molecule has 0 bridgehead atoms. The van der Waals surface area contributed by atoms with Gasteiger partial charge in [0.05, 0.1) is 18.5 Å². The highest BCUT2D eigenvalue weighted by atomic mass is 19.1. The van der Waals surface area contributed by atoms with E-state index in [-0.39, 0.29) is 5.82 Å². The van der Waals surface area contributed by atoms with Crippen molar-refractivity contribution in [2.75, 3.05) is 38.2 Å². The maximum absolute atomic E-state index is 14.8. The van der Waals surface area contributed by atoms with Crippen LogP contribution in [0.4, 0.5) is 10.1 Å². The van der Waals surface area contributed by atoms with Crippen LogP contribution in [0.1, 0.15) is 22.9 Å². The van der Waals surface area contributed by atoms with Gasteiger partial charge in [-0.05, 0) is 35.9 Å². The molecule has 156 valence electrons. The van der Waals surface area contributed by atoms with E-state index in [4.69, 9.17) is 4.74 Å². The molecule has 0 aliphatic carbocycles. The number of benzene rings is 2. The zero-order valence-corrected chi connectivity index (χ0v) is 17.0. The fourth-order valence-electron chi connectivity index (χ4n) is 3.90. The van der Waals surface area contributed by atoms with Crippen LogP contribution in [0.15, 0.2) is 66.9 Å². The van der Waals surface area contributed by atoms with Crippen molar-refractivity contribution in [3.05, 3.63) is 89.5 Å². The summed E-state index contributed by atoms with van der Waals surface area (Å²) >= 11 is 0. The second-order valence-electron chi connectivity index (χ2n) is 7.45. The summed E-state index contributed by atoms with van der Waals surface area (Å²) < 4.78 is 20.0. The first-order valence-electron chi connectivity index (χ1n) is 10.1. The van der Waals surface area contributed by atoms with Crippen LogP contribution in [-0.4, -0.2) is 48.3 Å². The van der Waals surface area contributed by atoms with Gasteiger partial charge >= 0.3 is 0 Å². The van der Waals surface area contributed by atoms with Crippen LogP contribution in [-0.2, 0) is 6.54 Å². The molecule has 3 aromatic rings. The second kappa shape index (κ2) is 9.24. The minimum absolute atomic E-state index is 0.314. The van der Waals surface area contributed by atoms with Gasteiger partial charge in [-0.15, -0.1) is 0 Å². The molecule has 1 aromatic heterocycles. The topological polar surface area (TPSA) is 48.8 Å². The molecule has 1 N–H and O–H groups in total. The van der Waals surface area contributed by atoms with E-state index >= 15 is 0 Å². The summed E-state index contributed by atoms with van der Waals surface area (Å²) in [4.78, 5) is 8.62. The van der Waals surface area contributed by atoms with Crippen LogP contribution in [0.2, 0.25) is 0 Å². The molecule has 0 radical (unpaired) electrons. The zero-order valence-electron chi connectivity index (χ0n) is 17.0. The van der Waals surface area contributed by atoms with Crippen LogP contribution < -0.4 is 9.64 Å². The molecule has 5 nitrogen and oxygen atoms in total. The van der Waals surface area contributed by atoms with Gasteiger partial charge < -0.3 is 14.7 Å². The van der Waals surface area contributed by atoms with Gasteiger partial charge in [0.15, 0.2) is 0 Å². The first-order chi connectivity index (χ1) is 14.7. The number of methoxy groups -OCH3 is 1. The average molecular weight is 407 g/mol. The second-order valence-corrected chi connectivity index (χ2v) is 7.45. The minimum Gasteiger partial charge on any atom is -0.497 e. The molecule has 1 atom stereocenters. The number of aromatic nitrogens is 1. The molecule has 0 spiro atoms. The van der Waals surface area contributed by atoms with Gasteiger partial charge in [-0.25, -0.2) is 4.39 Å². The largest absolute Gasteiger partial charge is 0.497 e. The Balaban J connectivity index is 1.46. The van der Waals surface area contributed by atoms with E-state index in [1.54, 1.807) is 37.6 Å². The third-order valence-corrected chi connectivity index (χ3v) is 5.53. The lowest BCUT2D eigenvalue weighted by atomic mass is 10.0. The van der Waals surface area contributed by atoms with E-state index < -0.39 is 6.10 Å². The fraction of sp³-hybridized carbons (Fsp3) is 0.292. The number of aliphatic hydroxyl groups excluding tert-OH is 1. The van der Waals surface area contributed by atoms with E-state index in [2.05, 4.69) is 22.0 Å². The lowest BCUT2D eigenvalue weighted by molar-refractivity contribution is 0.213. The van der Waals surface area contributed by atoms with E-state index in [1.807, 2.05) is 23.1 Å². The molecule has 4 rings (SSSR count). The van der Waals surface area contributed by atoms with Gasteiger partial charge in [-0.3, -0.25) is 9.88 Å². The normalized spacial score (nSPS) is 15.8. The smallest absolute Gasteiger partial charge is 0.146 e. The van der Waals surface area contributed by atoms with Gasteiger partial charge in [-0.1, -0.05) is 30.3 Å². The Hall–Kier alpha value is -2.96. The minimum atomic E-state index is -0.964. The number of nitrogens with zero attached hydrogens (tertiary/aromatic N) is 3. The summed E-state index contributed by atoms with van der Waals surface area (Å²) in [5.74, 6) is 0.535. The summed E-state index contributed by atoms with van der Waals surface area (Å²) in [7, 11) is 1.66. The van der Waals surface area contributed by atoms with Gasteiger partial charge in [0.25, 0.3) is 0 Å². The van der Waals surface area contributed by atoms with E-state index in [0.29, 0.717) is 30.0 Å². The maximum atomic E-state index is 14.8. The predicted molar refractivity (Wildman–Crippen MR) is 115 cm³/mol. The van der Waals surface area contributed by atoms with Crippen molar-refractivity contribution in [1.82, 2.24) is 9.88 Å². The van der Waals surface area contributed by atoms with E-state index in [9.17, 15) is 9.50 Å². The van der Waals surface area contributed by atoms with Gasteiger partial charge in [0, 0.05) is 44.5 Å². The van der Waals surface area contributed by atoms with Gasteiger partial charge in [0.2, 0.25) is 0 Å². The Labute approximate surface area is 176 Å². The van der Waals surface area contributed by atoms with E-state index in [1.165, 1.54) is 11.6 Å². The molecular formula is C24H26FN3O2. The van der Waals surface area contributed by atoms with Crippen LogP contribution in [0.25, 0.3) is 0 Å². The quantitative estimate of drug-likeness (QED) is 0.676. The van der Waals surface area contributed by atoms with Crippen molar-refractivity contribution >= 4 is 5.69 Å². The monoisotopic (exact) mass is 407 g/mol. The van der Waals surface area contributed by atoms with Crippen molar-refractivity contribution in [1.29, 1.82) is 0 Å². The number of ether oxygens (including phenoxy) is 1. The van der Waals surface area contributed by atoms with Crippen LogP contribution in [0, 0.1) is 5.82 Å². The van der Waals surface area contributed by atoms with Crippen molar-refractivity contribution in [2.24, 2.45) is 0 Å². The predicted octanol–water partition coefficient (Wildman–Crippen LogP) is 3.63. The highest BCUT2D eigenvalue weighted by molar-refractivity contribution is 5.57. The average Bonchev–Trinajstić information content (AvgIpc) is 2.80. The SMILES string of the molecule is COc1ccc(CN2CCN(c3c(F)cccc3C(O)c3ccccn3)CC2)cc1. The molecule has 1 aliphatic heterocycles. The Morgan fingerprint density at radius 2 is 1.77 bits per heavy atom. The third-order valence-electron chi connectivity index (χ3n) is 5.53. The number of halogens is 1. The number of pyridine rings is 1. The van der Waals surface area contributed by atoms with Crippen LogP contribution in [0.3, 0.4) is 0 Å². The van der Waals surface area contributed by atoms with Crippen molar-refractivity contribution in [3.63, 3.8) is 0 Å². The lowest BCUT2D eigenvalue weighted by Gasteiger charge is -2.37. The van der Waals surface area contributed by atoms with E-state index in [0.717, 1.165) is 25.4 Å². The molecule has 2 heterocycles. The highest BCUT2D eigenvalue weighted by Crippen LogP contribution is 2.33. The number of aliphatic hydroxyl groups is 1. The number of hydrogen-bond acceptors (Lipinski definition) is 5. The number of piperazine rings is 1. The van der Waals surface area contributed by atoms with Crippen LogP contribution >= 0.6 is 0 Å². The summed E-state index contributed by atoms with van der Waals surface area (Å²) in [6.07, 6.45) is 0.671. The van der Waals surface area contributed by atoms with Gasteiger partial charge in [-0.2, -0.15) is 0 Å². The molecular weight excluding hydrogens is 381 g/mol. The summed E-state index contributed by atoms with van der Waals surface area (Å²) in [5, 5.41) is 10.8. The molecule has 1 unspecified atom stereocenters. The molecule has 1 fully saturated rings. The molecule has 1 saturated heterocycles. The third kappa shape index (κ3) is 4.45. The van der Waals surface area contributed by atoms with Gasteiger partial charge in [0.1, 0.15) is 17.7 Å². The summed E-state index contributed by atoms with van der Waals surface area (Å²) in [6.45, 7) is 3.87. The molecule has 30 heavy (non-hydrogen) atoms.